The van der Waals surface area contributed by atoms with Crippen molar-refractivity contribution in [3.63, 3.8) is 0 Å². The summed E-state index contributed by atoms with van der Waals surface area (Å²) in [5, 5.41) is 0. The lowest BCUT2D eigenvalue weighted by atomic mass is 9.74. The van der Waals surface area contributed by atoms with Gasteiger partial charge in [0.1, 0.15) is 0 Å². The van der Waals surface area contributed by atoms with E-state index in [1.807, 2.05) is 61.5 Å². The number of nitrogens with two attached hydrogens (primary N) is 1. The molecule has 0 bridgehead atoms. The van der Waals surface area contributed by atoms with E-state index in [9.17, 15) is 4.79 Å². The molecule has 3 aromatic rings. The number of nitrogens with zero attached hydrogens (tertiary/aromatic N) is 1. The fourth-order valence-electron chi connectivity index (χ4n) is 4.46. The van der Waals surface area contributed by atoms with Crippen LogP contribution in [0.5, 0.6) is 0 Å². The molecule has 3 nitrogen and oxygen atoms in total. The van der Waals surface area contributed by atoms with Crippen LogP contribution in [0.4, 0.5) is 0 Å². The van der Waals surface area contributed by atoms with Crippen molar-refractivity contribution < 1.29 is 4.79 Å². The zero-order valence-corrected chi connectivity index (χ0v) is 17.4. The van der Waals surface area contributed by atoms with Gasteiger partial charge in [-0.2, -0.15) is 0 Å². The highest BCUT2D eigenvalue weighted by Crippen LogP contribution is 2.50. The van der Waals surface area contributed by atoms with E-state index < -0.39 is 5.41 Å². The summed E-state index contributed by atoms with van der Waals surface area (Å²) in [6.45, 7) is 4.77. The molecule has 1 unspecified atom stereocenters. The Labute approximate surface area is 178 Å². The van der Waals surface area contributed by atoms with Gasteiger partial charge in [-0.15, -0.1) is 0 Å². The Bertz CT molecular complexity index is 1100. The van der Waals surface area contributed by atoms with Gasteiger partial charge in [0.25, 0.3) is 0 Å². The van der Waals surface area contributed by atoms with Crippen molar-refractivity contribution in [1.29, 1.82) is 0 Å². The van der Waals surface area contributed by atoms with Gasteiger partial charge in [-0.05, 0) is 36.6 Å². The van der Waals surface area contributed by atoms with E-state index in [0.717, 1.165) is 22.5 Å². The third-order valence-electron chi connectivity index (χ3n) is 5.95. The summed E-state index contributed by atoms with van der Waals surface area (Å²) < 4.78 is 0. The van der Waals surface area contributed by atoms with E-state index in [1.54, 1.807) is 0 Å². The van der Waals surface area contributed by atoms with Crippen molar-refractivity contribution in [3.05, 3.63) is 125 Å². The summed E-state index contributed by atoms with van der Waals surface area (Å²) in [4.78, 5) is 14.9. The number of benzene rings is 3. The Kier molecular flexibility index (Phi) is 5.28. The van der Waals surface area contributed by atoms with Crippen molar-refractivity contribution in [2.45, 2.75) is 25.8 Å². The van der Waals surface area contributed by atoms with Gasteiger partial charge >= 0.3 is 0 Å². The van der Waals surface area contributed by atoms with E-state index in [2.05, 4.69) is 54.3 Å². The van der Waals surface area contributed by atoms with Crippen LogP contribution < -0.4 is 5.73 Å². The summed E-state index contributed by atoms with van der Waals surface area (Å²) in [5.41, 5.74) is 11.2. The molecule has 0 fully saturated rings. The van der Waals surface area contributed by atoms with Crippen molar-refractivity contribution >= 4 is 12.0 Å². The Morgan fingerprint density at radius 1 is 0.900 bits per heavy atom. The molecule has 30 heavy (non-hydrogen) atoms. The largest absolute Gasteiger partial charge is 0.366 e. The monoisotopic (exact) mass is 394 g/mol. The first-order chi connectivity index (χ1) is 14.5. The molecule has 0 aromatic heterocycles. The van der Waals surface area contributed by atoms with Crippen LogP contribution in [0.25, 0.3) is 6.08 Å². The third-order valence-corrected chi connectivity index (χ3v) is 5.95. The first-order valence-corrected chi connectivity index (χ1v) is 10.2. The molecule has 1 amide bonds. The van der Waals surface area contributed by atoms with Crippen molar-refractivity contribution in [2.24, 2.45) is 5.73 Å². The fourth-order valence-corrected chi connectivity index (χ4v) is 4.46. The molecule has 0 saturated carbocycles. The van der Waals surface area contributed by atoms with E-state index in [0.29, 0.717) is 12.1 Å². The second-order valence-corrected chi connectivity index (χ2v) is 7.83. The second-order valence-electron chi connectivity index (χ2n) is 7.83. The van der Waals surface area contributed by atoms with Gasteiger partial charge in [0.15, 0.2) is 0 Å². The van der Waals surface area contributed by atoms with Gasteiger partial charge in [0, 0.05) is 17.9 Å². The highest BCUT2D eigenvalue weighted by Gasteiger charge is 2.47. The number of allylic oxidation sites excluding steroid dienone is 2. The number of rotatable bonds is 5. The van der Waals surface area contributed by atoms with E-state index >= 15 is 0 Å². The lowest BCUT2D eigenvalue weighted by Gasteiger charge is -2.33. The quantitative estimate of drug-likeness (QED) is 0.641. The third kappa shape index (κ3) is 3.43. The second kappa shape index (κ2) is 8.03. The zero-order chi connectivity index (χ0) is 21.1. The normalized spacial score (nSPS) is 20.1. The highest BCUT2D eigenvalue weighted by atomic mass is 16.1. The van der Waals surface area contributed by atoms with E-state index in [4.69, 9.17) is 5.73 Å². The molecule has 1 aliphatic rings. The molecule has 0 spiro atoms. The summed E-state index contributed by atoms with van der Waals surface area (Å²) in [6, 6.07) is 30.7. The number of amides is 1. The molecule has 0 radical (unpaired) electrons. The number of primary amides is 1. The molecule has 1 aliphatic heterocycles. The average molecular weight is 395 g/mol. The predicted molar refractivity (Wildman–Crippen MR) is 122 cm³/mol. The molecular weight excluding hydrogens is 368 g/mol. The summed E-state index contributed by atoms with van der Waals surface area (Å²) >= 11 is 0. The lowest BCUT2D eigenvalue weighted by molar-refractivity contribution is -0.115. The van der Waals surface area contributed by atoms with Gasteiger partial charge in [0.05, 0.1) is 11.0 Å². The Morgan fingerprint density at radius 2 is 1.43 bits per heavy atom. The molecule has 150 valence electrons. The van der Waals surface area contributed by atoms with Crippen LogP contribution in [-0.4, -0.2) is 10.8 Å². The standard InChI is InChI=1S/C27H26N2O/c1-20-25(26(28)30)27(2,23-16-10-5-11-17-23)24(18-21-12-6-3-7-13-21)29(20)19-22-14-8-4-9-15-22/h3-18H,19H2,1-2H3,(H2,28,30)/b24-18-. The van der Waals surface area contributed by atoms with Gasteiger partial charge in [-0.1, -0.05) is 91.0 Å². The molecular formula is C27H26N2O. The molecule has 3 aromatic carbocycles. The molecule has 4 rings (SSSR count). The SMILES string of the molecule is CC1=C(C(N)=O)C(C)(c2ccccc2)/C(=C/c2ccccc2)N1Cc1ccccc1. The van der Waals surface area contributed by atoms with Crippen molar-refractivity contribution in [3.8, 4) is 0 Å². The van der Waals surface area contributed by atoms with Crippen LogP contribution in [-0.2, 0) is 16.8 Å². The van der Waals surface area contributed by atoms with Crippen LogP contribution in [0.1, 0.15) is 30.5 Å². The van der Waals surface area contributed by atoms with Gasteiger partial charge < -0.3 is 10.6 Å². The van der Waals surface area contributed by atoms with Gasteiger partial charge in [0.2, 0.25) is 5.91 Å². The van der Waals surface area contributed by atoms with E-state index in [-0.39, 0.29) is 5.91 Å². The van der Waals surface area contributed by atoms with Crippen molar-refractivity contribution in [2.75, 3.05) is 0 Å². The van der Waals surface area contributed by atoms with Crippen LogP contribution in [0.3, 0.4) is 0 Å². The number of hydrogen-bond acceptors (Lipinski definition) is 2. The molecule has 3 heteroatoms. The van der Waals surface area contributed by atoms with E-state index in [1.165, 1.54) is 5.56 Å². The van der Waals surface area contributed by atoms with Crippen LogP contribution in [0.2, 0.25) is 0 Å². The highest BCUT2D eigenvalue weighted by molar-refractivity contribution is 5.98. The first-order valence-electron chi connectivity index (χ1n) is 10.2. The summed E-state index contributed by atoms with van der Waals surface area (Å²) in [7, 11) is 0. The summed E-state index contributed by atoms with van der Waals surface area (Å²) in [5.74, 6) is -0.381. The topological polar surface area (TPSA) is 46.3 Å². The number of hydrogen-bond donors (Lipinski definition) is 1. The Hall–Kier alpha value is -3.59. The summed E-state index contributed by atoms with van der Waals surface area (Å²) in [6.07, 6.45) is 2.18. The zero-order valence-electron chi connectivity index (χ0n) is 17.4. The van der Waals surface area contributed by atoms with Crippen molar-refractivity contribution in [1.82, 2.24) is 4.90 Å². The maximum absolute atomic E-state index is 12.7. The molecule has 0 aliphatic carbocycles. The fraction of sp³-hybridized carbons (Fsp3) is 0.148. The molecule has 0 saturated heterocycles. The maximum atomic E-state index is 12.7. The predicted octanol–water partition coefficient (Wildman–Crippen LogP) is 5.26. The average Bonchev–Trinajstić information content (AvgIpc) is 2.98. The smallest absolute Gasteiger partial charge is 0.247 e. The minimum absolute atomic E-state index is 0.381. The molecule has 2 N–H and O–H groups in total. The Balaban J connectivity index is 1.94. The van der Waals surface area contributed by atoms with Crippen LogP contribution in [0, 0.1) is 0 Å². The molecule has 1 atom stereocenters. The Morgan fingerprint density at radius 3 is 2.00 bits per heavy atom. The van der Waals surface area contributed by atoms with Crippen LogP contribution >= 0.6 is 0 Å². The van der Waals surface area contributed by atoms with Gasteiger partial charge in [-0.25, -0.2) is 0 Å². The minimum atomic E-state index is -0.637. The maximum Gasteiger partial charge on any atom is 0.247 e. The molecule has 1 heterocycles. The number of carbonyl (C=O) groups excluding carboxylic acids is 1. The van der Waals surface area contributed by atoms with Gasteiger partial charge in [-0.3, -0.25) is 4.79 Å². The number of carbonyl (C=O) groups is 1. The minimum Gasteiger partial charge on any atom is -0.366 e. The van der Waals surface area contributed by atoms with Crippen LogP contribution in [0.15, 0.2) is 108 Å². The first kappa shape index (κ1) is 19.7. The lowest BCUT2D eigenvalue weighted by Crippen LogP contribution is -2.33.